The van der Waals surface area contributed by atoms with Gasteiger partial charge in [0.05, 0.1) is 6.26 Å². The van der Waals surface area contributed by atoms with Gasteiger partial charge in [0, 0.05) is 11.9 Å². The first kappa shape index (κ1) is 10.2. The molecule has 0 amide bonds. The van der Waals surface area contributed by atoms with E-state index < -0.39 is 0 Å². The van der Waals surface area contributed by atoms with Gasteiger partial charge in [0.2, 0.25) is 0 Å². The number of carbonyl (C=O) groups is 1. The van der Waals surface area contributed by atoms with E-state index in [0.29, 0.717) is 6.47 Å². The zero-order valence-electron chi connectivity index (χ0n) is 7.88. The quantitative estimate of drug-likeness (QED) is 0.413. The van der Waals surface area contributed by atoms with E-state index in [9.17, 15) is 4.79 Å². The van der Waals surface area contributed by atoms with Crippen molar-refractivity contribution in [1.29, 1.82) is 0 Å². The van der Waals surface area contributed by atoms with E-state index in [1.807, 2.05) is 25.1 Å². The van der Waals surface area contributed by atoms with Gasteiger partial charge < -0.3 is 4.74 Å². The SMILES string of the molecule is Cc1cc(/C=C/C=C/OC=O)ccn1. The molecule has 0 atom stereocenters. The lowest BCUT2D eigenvalue weighted by Crippen LogP contribution is -1.79. The Labute approximate surface area is 82.7 Å². The van der Waals surface area contributed by atoms with Crippen molar-refractivity contribution in [3.8, 4) is 0 Å². The third-order valence-corrected chi connectivity index (χ3v) is 1.53. The Morgan fingerprint density at radius 2 is 2.29 bits per heavy atom. The molecule has 0 aromatic carbocycles. The highest BCUT2D eigenvalue weighted by Crippen LogP contribution is 2.02. The summed E-state index contributed by atoms with van der Waals surface area (Å²) in [6.07, 6.45) is 8.40. The summed E-state index contributed by atoms with van der Waals surface area (Å²) >= 11 is 0. The van der Waals surface area contributed by atoms with Gasteiger partial charge in [-0.05, 0) is 30.7 Å². The molecule has 0 saturated carbocycles. The number of hydrogen-bond acceptors (Lipinski definition) is 3. The van der Waals surface area contributed by atoms with Crippen LogP contribution in [0.25, 0.3) is 6.08 Å². The second-order valence-electron chi connectivity index (χ2n) is 2.65. The maximum Gasteiger partial charge on any atom is 0.297 e. The predicted molar refractivity (Wildman–Crippen MR) is 54.3 cm³/mol. The van der Waals surface area contributed by atoms with E-state index in [-0.39, 0.29) is 0 Å². The minimum absolute atomic E-state index is 0.376. The molecule has 0 aliphatic carbocycles. The molecule has 0 unspecified atom stereocenters. The Kier molecular flexibility index (Phi) is 4.14. The number of ether oxygens (including phenoxy) is 1. The van der Waals surface area contributed by atoms with Gasteiger partial charge in [0.15, 0.2) is 0 Å². The van der Waals surface area contributed by atoms with Crippen LogP contribution in [0.5, 0.6) is 0 Å². The largest absolute Gasteiger partial charge is 0.437 e. The summed E-state index contributed by atoms with van der Waals surface area (Å²) in [4.78, 5) is 13.9. The lowest BCUT2D eigenvalue weighted by Gasteiger charge is -1.93. The third-order valence-electron chi connectivity index (χ3n) is 1.53. The Hall–Kier alpha value is -1.90. The number of pyridine rings is 1. The van der Waals surface area contributed by atoms with Crippen molar-refractivity contribution >= 4 is 12.5 Å². The van der Waals surface area contributed by atoms with Crippen LogP contribution in [0, 0.1) is 6.92 Å². The van der Waals surface area contributed by atoms with Crippen molar-refractivity contribution < 1.29 is 9.53 Å². The highest BCUT2D eigenvalue weighted by molar-refractivity contribution is 5.50. The van der Waals surface area contributed by atoms with E-state index in [1.165, 1.54) is 6.26 Å². The van der Waals surface area contributed by atoms with Gasteiger partial charge >= 0.3 is 0 Å². The van der Waals surface area contributed by atoms with Crippen LogP contribution < -0.4 is 0 Å². The lowest BCUT2D eigenvalue weighted by molar-refractivity contribution is -0.123. The second-order valence-corrected chi connectivity index (χ2v) is 2.65. The van der Waals surface area contributed by atoms with Gasteiger partial charge in [-0.15, -0.1) is 0 Å². The summed E-state index contributed by atoms with van der Waals surface area (Å²) < 4.78 is 4.37. The molecule has 3 heteroatoms. The maximum absolute atomic E-state index is 9.78. The van der Waals surface area contributed by atoms with Gasteiger partial charge in [-0.1, -0.05) is 12.2 Å². The molecule has 0 aliphatic heterocycles. The number of rotatable bonds is 4. The van der Waals surface area contributed by atoms with Gasteiger partial charge in [0.25, 0.3) is 6.47 Å². The first-order valence-corrected chi connectivity index (χ1v) is 4.18. The fraction of sp³-hybridized carbons (Fsp3) is 0.0909. The van der Waals surface area contributed by atoms with Gasteiger partial charge in [0.1, 0.15) is 0 Å². The van der Waals surface area contributed by atoms with Crippen LogP contribution in [0.3, 0.4) is 0 Å². The van der Waals surface area contributed by atoms with E-state index in [1.54, 1.807) is 18.3 Å². The highest BCUT2D eigenvalue weighted by atomic mass is 16.5. The maximum atomic E-state index is 9.78. The van der Waals surface area contributed by atoms with E-state index in [2.05, 4.69) is 9.72 Å². The topological polar surface area (TPSA) is 39.2 Å². The minimum atomic E-state index is 0.376. The molecular formula is C11H11NO2. The van der Waals surface area contributed by atoms with Crippen molar-refractivity contribution in [2.24, 2.45) is 0 Å². The first-order valence-electron chi connectivity index (χ1n) is 4.18. The first-order chi connectivity index (χ1) is 6.83. The standard InChI is InChI=1S/C11H11NO2/c1-10-8-11(5-6-12-10)4-2-3-7-14-9-13/h2-9H,1H3/b4-2+,7-3+. The summed E-state index contributed by atoms with van der Waals surface area (Å²) in [6.45, 7) is 2.31. The normalized spacial score (nSPS) is 10.9. The molecule has 1 aromatic heterocycles. The molecule has 0 aliphatic rings. The Morgan fingerprint density at radius 1 is 1.43 bits per heavy atom. The Morgan fingerprint density at radius 3 is 3.00 bits per heavy atom. The van der Waals surface area contributed by atoms with E-state index >= 15 is 0 Å². The van der Waals surface area contributed by atoms with E-state index in [0.717, 1.165) is 11.3 Å². The molecule has 0 saturated heterocycles. The van der Waals surface area contributed by atoms with Gasteiger partial charge in [-0.2, -0.15) is 0 Å². The predicted octanol–water partition coefficient (Wildman–Crippen LogP) is 2.09. The molecule has 3 nitrogen and oxygen atoms in total. The Balaban J connectivity index is 2.55. The molecule has 72 valence electrons. The van der Waals surface area contributed by atoms with Crippen LogP contribution in [0.1, 0.15) is 11.3 Å². The van der Waals surface area contributed by atoms with Crippen molar-refractivity contribution in [1.82, 2.24) is 4.98 Å². The summed E-state index contributed by atoms with van der Waals surface area (Å²) in [5.74, 6) is 0. The number of hydrogen-bond donors (Lipinski definition) is 0. The Bertz CT molecular complexity index is 356. The van der Waals surface area contributed by atoms with Crippen LogP contribution in [-0.2, 0) is 9.53 Å². The van der Waals surface area contributed by atoms with Crippen LogP contribution in [-0.4, -0.2) is 11.5 Å². The van der Waals surface area contributed by atoms with Crippen molar-refractivity contribution in [2.45, 2.75) is 6.92 Å². The summed E-state index contributed by atoms with van der Waals surface area (Å²) in [5, 5.41) is 0. The summed E-state index contributed by atoms with van der Waals surface area (Å²) in [5.41, 5.74) is 2.04. The zero-order chi connectivity index (χ0) is 10.2. The smallest absolute Gasteiger partial charge is 0.297 e. The lowest BCUT2D eigenvalue weighted by atomic mass is 10.2. The molecule has 0 bridgehead atoms. The van der Waals surface area contributed by atoms with Crippen LogP contribution in [0.4, 0.5) is 0 Å². The molecule has 14 heavy (non-hydrogen) atoms. The molecule has 1 rings (SSSR count). The average molecular weight is 189 g/mol. The fourth-order valence-electron chi connectivity index (χ4n) is 0.961. The zero-order valence-corrected chi connectivity index (χ0v) is 7.88. The van der Waals surface area contributed by atoms with E-state index in [4.69, 9.17) is 0 Å². The molecule has 1 heterocycles. The van der Waals surface area contributed by atoms with Crippen LogP contribution >= 0.6 is 0 Å². The number of allylic oxidation sites excluding steroid dienone is 2. The number of aryl methyl sites for hydroxylation is 1. The molecular weight excluding hydrogens is 178 g/mol. The van der Waals surface area contributed by atoms with Crippen molar-refractivity contribution in [3.05, 3.63) is 48.0 Å². The number of nitrogens with zero attached hydrogens (tertiary/aromatic N) is 1. The monoisotopic (exact) mass is 189 g/mol. The minimum Gasteiger partial charge on any atom is -0.437 e. The number of carbonyl (C=O) groups excluding carboxylic acids is 1. The molecule has 0 N–H and O–H groups in total. The second kappa shape index (κ2) is 5.70. The third kappa shape index (κ3) is 3.67. The van der Waals surface area contributed by atoms with Gasteiger partial charge in [-0.25, -0.2) is 0 Å². The average Bonchev–Trinajstić information content (AvgIpc) is 2.18. The summed E-state index contributed by atoms with van der Waals surface area (Å²) in [7, 11) is 0. The number of aromatic nitrogens is 1. The fourth-order valence-corrected chi connectivity index (χ4v) is 0.961. The summed E-state index contributed by atoms with van der Waals surface area (Å²) in [6, 6.07) is 3.86. The molecule has 1 aromatic rings. The van der Waals surface area contributed by atoms with Crippen molar-refractivity contribution in [2.75, 3.05) is 0 Å². The molecule has 0 spiro atoms. The molecule has 0 radical (unpaired) electrons. The van der Waals surface area contributed by atoms with Crippen LogP contribution in [0.2, 0.25) is 0 Å². The van der Waals surface area contributed by atoms with Crippen molar-refractivity contribution in [3.63, 3.8) is 0 Å². The molecule has 0 fully saturated rings. The van der Waals surface area contributed by atoms with Gasteiger partial charge in [-0.3, -0.25) is 9.78 Å². The van der Waals surface area contributed by atoms with Crippen LogP contribution in [0.15, 0.2) is 36.7 Å². The highest BCUT2D eigenvalue weighted by Gasteiger charge is 1.86.